The van der Waals surface area contributed by atoms with Gasteiger partial charge in [0.05, 0.1) is 11.3 Å². The molecule has 2 heterocycles. The Morgan fingerprint density at radius 2 is 1.90 bits per heavy atom. The summed E-state index contributed by atoms with van der Waals surface area (Å²) >= 11 is 1.44. The van der Waals surface area contributed by atoms with E-state index < -0.39 is 0 Å². The van der Waals surface area contributed by atoms with E-state index in [1.54, 1.807) is 17.9 Å². The molecule has 1 aliphatic heterocycles. The molecule has 160 valence electrons. The second-order valence-electron chi connectivity index (χ2n) is 7.61. The van der Waals surface area contributed by atoms with E-state index in [9.17, 15) is 14.0 Å². The van der Waals surface area contributed by atoms with E-state index in [1.165, 1.54) is 17.8 Å². The molecule has 8 heteroatoms. The van der Waals surface area contributed by atoms with E-state index in [0.29, 0.717) is 60.1 Å². The minimum Gasteiger partial charge on any atom is -0.352 e. The predicted octanol–water partition coefficient (Wildman–Crippen LogP) is 3.43. The van der Waals surface area contributed by atoms with Gasteiger partial charge in [0.15, 0.2) is 0 Å². The molecule has 2 aromatic rings. The quantitative estimate of drug-likeness (QED) is 0.581. The highest BCUT2D eigenvalue weighted by Crippen LogP contribution is 2.25. The van der Waals surface area contributed by atoms with Crippen molar-refractivity contribution in [3.63, 3.8) is 0 Å². The first-order valence-corrected chi connectivity index (χ1v) is 11.2. The highest BCUT2D eigenvalue weighted by molar-refractivity contribution is 7.98. The summed E-state index contributed by atoms with van der Waals surface area (Å²) in [7, 11) is 0. The molecule has 0 bridgehead atoms. The Balaban J connectivity index is 1.57. The zero-order valence-electron chi connectivity index (χ0n) is 17.8. The van der Waals surface area contributed by atoms with Gasteiger partial charge in [0.25, 0.3) is 5.91 Å². The van der Waals surface area contributed by atoms with Crippen LogP contribution in [0.1, 0.15) is 45.8 Å². The molecule has 0 radical (unpaired) electrons. The molecule has 1 aliphatic rings. The number of nitrogens with zero attached hydrogens (tertiary/aromatic N) is 3. The first kappa shape index (κ1) is 22.2. The second kappa shape index (κ2) is 9.55. The van der Waals surface area contributed by atoms with Crippen LogP contribution in [0.2, 0.25) is 0 Å². The van der Waals surface area contributed by atoms with Gasteiger partial charge in [0, 0.05) is 25.6 Å². The third-order valence-corrected chi connectivity index (χ3v) is 6.11. The number of benzene rings is 1. The van der Waals surface area contributed by atoms with Gasteiger partial charge in [-0.15, -0.1) is 11.8 Å². The van der Waals surface area contributed by atoms with Crippen LogP contribution in [-0.4, -0.2) is 46.0 Å². The van der Waals surface area contributed by atoms with Crippen molar-refractivity contribution in [3.05, 3.63) is 52.2 Å². The number of thioether (sulfide) groups is 1. The maximum Gasteiger partial charge on any atom is 0.258 e. The van der Waals surface area contributed by atoms with Crippen molar-refractivity contribution >= 4 is 23.6 Å². The summed E-state index contributed by atoms with van der Waals surface area (Å²) in [4.78, 5) is 36.1. The molecule has 3 rings (SSSR count). The molecule has 2 amide bonds. The molecule has 0 unspecified atom stereocenters. The van der Waals surface area contributed by atoms with Gasteiger partial charge in [-0.05, 0) is 57.1 Å². The maximum atomic E-state index is 13.7. The zero-order chi connectivity index (χ0) is 21.8. The van der Waals surface area contributed by atoms with Gasteiger partial charge in [-0.3, -0.25) is 9.59 Å². The van der Waals surface area contributed by atoms with Crippen molar-refractivity contribution in [1.29, 1.82) is 0 Å². The van der Waals surface area contributed by atoms with Gasteiger partial charge in [-0.25, -0.2) is 14.4 Å². The normalized spacial score (nSPS) is 14.6. The zero-order valence-corrected chi connectivity index (χ0v) is 18.6. The molecular weight excluding hydrogens is 403 g/mol. The van der Waals surface area contributed by atoms with Crippen molar-refractivity contribution in [3.8, 4) is 0 Å². The largest absolute Gasteiger partial charge is 0.352 e. The SMILES string of the molecule is CSc1nc(C)nc(C)c1C(=O)N1CCC(C(=O)NCc2ccc(C)c(F)c2)CC1. The Bertz CT molecular complexity index is 958. The minimum atomic E-state index is -0.270. The number of nitrogens with one attached hydrogen (secondary N) is 1. The van der Waals surface area contributed by atoms with E-state index in [4.69, 9.17) is 0 Å². The molecule has 0 atom stereocenters. The molecule has 0 saturated carbocycles. The third kappa shape index (κ3) is 4.98. The summed E-state index contributed by atoms with van der Waals surface area (Å²) in [5.74, 6) is 0.0964. The number of carbonyl (C=O) groups is 2. The van der Waals surface area contributed by atoms with Gasteiger partial charge in [-0.2, -0.15) is 0 Å². The minimum absolute atomic E-state index is 0.0530. The lowest BCUT2D eigenvalue weighted by Crippen LogP contribution is -2.43. The summed E-state index contributed by atoms with van der Waals surface area (Å²) in [5, 5.41) is 3.58. The van der Waals surface area contributed by atoms with Crippen LogP contribution < -0.4 is 5.32 Å². The Morgan fingerprint density at radius 1 is 1.20 bits per heavy atom. The topological polar surface area (TPSA) is 75.2 Å². The van der Waals surface area contributed by atoms with Crippen LogP contribution in [0.5, 0.6) is 0 Å². The molecule has 30 heavy (non-hydrogen) atoms. The first-order chi connectivity index (χ1) is 14.3. The average Bonchev–Trinajstić information content (AvgIpc) is 2.73. The summed E-state index contributed by atoms with van der Waals surface area (Å²) < 4.78 is 13.7. The Labute approximate surface area is 180 Å². The molecule has 1 aromatic carbocycles. The fraction of sp³-hybridized carbons (Fsp3) is 0.455. The van der Waals surface area contributed by atoms with Crippen LogP contribution in [0.25, 0.3) is 0 Å². The number of hydrogen-bond acceptors (Lipinski definition) is 5. The number of carbonyl (C=O) groups excluding carboxylic acids is 2. The van der Waals surface area contributed by atoms with Crippen LogP contribution in [0.3, 0.4) is 0 Å². The van der Waals surface area contributed by atoms with E-state index in [2.05, 4.69) is 15.3 Å². The summed E-state index contributed by atoms with van der Waals surface area (Å²) in [6, 6.07) is 4.97. The number of piperidine rings is 1. The van der Waals surface area contributed by atoms with Crippen LogP contribution in [0.15, 0.2) is 23.2 Å². The molecule has 0 aliphatic carbocycles. The monoisotopic (exact) mass is 430 g/mol. The highest BCUT2D eigenvalue weighted by Gasteiger charge is 2.30. The fourth-order valence-corrected chi connectivity index (χ4v) is 4.32. The molecule has 0 spiro atoms. The van der Waals surface area contributed by atoms with Crippen molar-refractivity contribution in [1.82, 2.24) is 20.2 Å². The number of aromatic nitrogens is 2. The van der Waals surface area contributed by atoms with Crippen LogP contribution in [0.4, 0.5) is 4.39 Å². The number of aryl methyl sites for hydroxylation is 3. The first-order valence-electron chi connectivity index (χ1n) is 10.0. The molecule has 1 N–H and O–H groups in total. The van der Waals surface area contributed by atoms with Crippen LogP contribution >= 0.6 is 11.8 Å². The fourth-order valence-electron chi connectivity index (χ4n) is 3.66. The Hall–Kier alpha value is -2.48. The van der Waals surface area contributed by atoms with Crippen molar-refractivity contribution in [2.45, 2.75) is 45.2 Å². The Kier molecular flexibility index (Phi) is 7.07. The van der Waals surface area contributed by atoms with Gasteiger partial charge in [-0.1, -0.05) is 12.1 Å². The van der Waals surface area contributed by atoms with E-state index in [0.717, 1.165) is 5.56 Å². The molecule has 1 saturated heterocycles. The summed E-state index contributed by atoms with van der Waals surface area (Å²) in [6.07, 6.45) is 3.09. The maximum absolute atomic E-state index is 13.7. The number of halogens is 1. The molecule has 1 aromatic heterocycles. The average molecular weight is 431 g/mol. The number of hydrogen-bond donors (Lipinski definition) is 1. The van der Waals surface area contributed by atoms with Gasteiger partial charge in [0.2, 0.25) is 5.91 Å². The van der Waals surface area contributed by atoms with Crippen LogP contribution in [0, 0.1) is 32.5 Å². The van der Waals surface area contributed by atoms with E-state index >= 15 is 0 Å². The summed E-state index contributed by atoms with van der Waals surface area (Å²) in [6.45, 7) is 6.67. The van der Waals surface area contributed by atoms with E-state index in [1.807, 2.05) is 26.2 Å². The Morgan fingerprint density at radius 3 is 2.53 bits per heavy atom. The molecule has 1 fully saturated rings. The highest BCUT2D eigenvalue weighted by atomic mass is 32.2. The predicted molar refractivity (Wildman–Crippen MR) is 115 cm³/mol. The third-order valence-electron chi connectivity index (χ3n) is 5.43. The van der Waals surface area contributed by atoms with Crippen LogP contribution in [-0.2, 0) is 11.3 Å². The number of likely N-dealkylation sites (tertiary alicyclic amines) is 1. The lowest BCUT2D eigenvalue weighted by molar-refractivity contribution is -0.126. The van der Waals surface area contributed by atoms with Crippen molar-refractivity contribution in [2.75, 3.05) is 19.3 Å². The van der Waals surface area contributed by atoms with Gasteiger partial charge >= 0.3 is 0 Å². The summed E-state index contributed by atoms with van der Waals surface area (Å²) in [5.41, 5.74) is 2.55. The number of rotatable bonds is 5. The molecule has 6 nitrogen and oxygen atoms in total. The lowest BCUT2D eigenvalue weighted by Gasteiger charge is -2.32. The second-order valence-corrected chi connectivity index (χ2v) is 8.40. The van der Waals surface area contributed by atoms with Crippen molar-refractivity contribution in [2.24, 2.45) is 5.92 Å². The van der Waals surface area contributed by atoms with Crippen molar-refractivity contribution < 1.29 is 14.0 Å². The lowest BCUT2D eigenvalue weighted by atomic mass is 9.95. The molecular formula is C22H27FN4O2S. The van der Waals surface area contributed by atoms with E-state index in [-0.39, 0.29) is 23.5 Å². The standard InChI is InChI=1S/C22H27FN4O2S/c1-13-5-6-16(11-18(13)23)12-24-20(28)17-7-9-27(10-8-17)22(29)19-14(2)25-15(3)26-21(19)30-4/h5-6,11,17H,7-10,12H2,1-4H3,(H,24,28). The van der Waals surface area contributed by atoms with Gasteiger partial charge < -0.3 is 10.2 Å². The number of amides is 2. The van der Waals surface area contributed by atoms with Gasteiger partial charge in [0.1, 0.15) is 16.7 Å². The smallest absolute Gasteiger partial charge is 0.258 e.